The number of rotatable bonds is 6. The third kappa shape index (κ3) is 3.78. The van der Waals surface area contributed by atoms with Crippen molar-refractivity contribution in [2.75, 3.05) is 6.54 Å². The van der Waals surface area contributed by atoms with E-state index >= 15 is 0 Å². The second-order valence-electron chi connectivity index (χ2n) is 5.72. The molecule has 3 aromatic rings. The maximum absolute atomic E-state index is 12.7. The van der Waals surface area contributed by atoms with Crippen LogP contribution in [0.1, 0.15) is 28.6 Å². The van der Waals surface area contributed by atoms with Crippen molar-refractivity contribution in [3.05, 3.63) is 77.4 Å². The lowest BCUT2D eigenvalue weighted by molar-refractivity contribution is 0.390. The first-order valence-corrected chi connectivity index (χ1v) is 9.36. The van der Waals surface area contributed by atoms with Crippen LogP contribution in [0.5, 0.6) is 0 Å². The summed E-state index contributed by atoms with van der Waals surface area (Å²) in [6, 6.07) is 15.3. The van der Waals surface area contributed by atoms with Gasteiger partial charge in [0.1, 0.15) is 10.6 Å². The van der Waals surface area contributed by atoms with Gasteiger partial charge in [-0.1, -0.05) is 41.6 Å². The van der Waals surface area contributed by atoms with Crippen LogP contribution in [0.3, 0.4) is 0 Å². The van der Waals surface area contributed by atoms with E-state index < -0.39 is 10.0 Å². The Kier molecular flexibility index (Phi) is 4.96. The average molecular weight is 357 g/mol. The Hall–Kier alpha value is -2.51. The molecule has 0 aliphatic rings. The van der Waals surface area contributed by atoms with Gasteiger partial charge in [-0.05, 0) is 31.5 Å². The number of pyridine rings is 1. The molecule has 0 amide bonds. The molecule has 0 saturated carbocycles. The standard InChI is InChI=1S/C18H19N3O3S/c1-13-18(14(2)24-21-13)25(22,23)20-12-16(15-8-4-3-5-9-15)17-10-6-7-11-19-17/h3-11,16,20H,12H2,1-2H3. The van der Waals surface area contributed by atoms with Crippen LogP contribution < -0.4 is 4.72 Å². The minimum Gasteiger partial charge on any atom is -0.360 e. The molecule has 1 atom stereocenters. The number of hydrogen-bond donors (Lipinski definition) is 1. The molecule has 0 aliphatic carbocycles. The van der Waals surface area contributed by atoms with Crippen molar-refractivity contribution in [2.24, 2.45) is 0 Å². The van der Waals surface area contributed by atoms with E-state index in [1.807, 2.05) is 48.5 Å². The topological polar surface area (TPSA) is 85.1 Å². The molecule has 2 heterocycles. The molecule has 25 heavy (non-hydrogen) atoms. The molecule has 0 aliphatic heterocycles. The van der Waals surface area contributed by atoms with Gasteiger partial charge >= 0.3 is 0 Å². The molecule has 130 valence electrons. The maximum atomic E-state index is 12.7. The van der Waals surface area contributed by atoms with Crippen LogP contribution in [-0.2, 0) is 10.0 Å². The van der Waals surface area contributed by atoms with Gasteiger partial charge in [0.15, 0.2) is 5.76 Å². The molecule has 0 radical (unpaired) electrons. The van der Waals surface area contributed by atoms with Crippen LogP contribution >= 0.6 is 0 Å². The second-order valence-corrected chi connectivity index (χ2v) is 7.43. The molecule has 1 N–H and O–H groups in total. The number of aryl methyl sites for hydroxylation is 2. The lowest BCUT2D eigenvalue weighted by Gasteiger charge is -2.17. The van der Waals surface area contributed by atoms with Crippen LogP contribution in [0.4, 0.5) is 0 Å². The van der Waals surface area contributed by atoms with Crippen molar-refractivity contribution in [3.63, 3.8) is 0 Å². The number of hydrogen-bond acceptors (Lipinski definition) is 5. The van der Waals surface area contributed by atoms with Gasteiger partial charge in [-0.25, -0.2) is 13.1 Å². The number of aromatic nitrogens is 2. The van der Waals surface area contributed by atoms with Gasteiger partial charge in [0.25, 0.3) is 0 Å². The number of sulfonamides is 1. The van der Waals surface area contributed by atoms with Crippen LogP contribution in [0, 0.1) is 13.8 Å². The van der Waals surface area contributed by atoms with Crippen molar-refractivity contribution >= 4 is 10.0 Å². The zero-order valence-corrected chi connectivity index (χ0v) is 14.8. The van der Waals surface area contributed by atoms with Gasteiger partial charge in [-0.15, -0.1) is 0 Å². The normalized spacial score (nSPS) is 12.9. The monoisotopic (exact) mass is 357 g/mol. The zero-order chi connectivity index (χ0) is 17.9. The van der Waals surface area contributed by atoms with Crippen LogP contribution in [0.2, 0.25) is 0 Å². The van der Waals surface area contributed by atoms with Crippen molar-refractivity contribution in [1.29, 1.82) is 0 Å². The first-order chi connectivity index (χ1) is 12.0. The maximum Gasteiger partial charge on any atom is 0.245 e. The summed E-state index contributed by atoms with van der Waals surface area (Å²) in [5, 5.41) is 3.72. The SMILES string of the molecule is Cc1noc(C)c1S(=O)(=O)NCC(c1ccccc1)c1ccccn1. The number of benzene rings is 1. The van der Waals surface area contributed by atoms with Gasteiger partial charge < -0.3 is 4.52 Å². The third-order valence-electron chi connectivity index (χ3n) is 3.96. The average Bonchev–Trinajstić information content (AvgIpc) is 2.96. The van der Waals surface area contributed by atoms with Gasteiger partial charge in [0.2, 0.25) is 10.0 Å². The van der Waals surface area contributed by atoms with E-state index in [1.165, 1.54) is 0 Å². The lowest BCUT2D eigenvalue weighted by atomic mass is 9.95. The van der Waals surface area contributed by atoms with Gasteiger partial charge in [-0.2, -0.15) is 0 Å². The van der Waals surface area contributed by atoms with E-state index in [2.05, 4.69) is 14.9 Å². The van der Waals surface area contributed by atoms with Crippen LogP contribution in [0.15, 0.2) is 64.1 Å². The van der Waals surface area contributed by atoms with Crippen molar-refractivity contribution in [2.45, 2.75) is 24.7 Å². The van der Waals surface area contributed by atoms with Gasteiger partial charge in [0, 0.05) is 24.4 Å². The highest BCUT2D eigenvalue weighted by Crippen LogP contribution is 2.24. The van der Waals surface area contributed by atoms with E-state index in [-0.39, 0.29) is 23.1 Å². The summed E-state index contributed by atoms with van der Waals surface area (Å²) in [4.78, 5) is 4.49. The highest BCUT2D eigenvalue weighted by atomic mass is 32.2. The Morgan fingerprint density at radius 3 is 2.40 bits per heavy atom. The van der Waals surface area contributed by atoms with Crippen molar-refractivity contribution < 1.29 is 12.9 Å². The fraction of sp³-hybridized carbons (Fsp3) is 0.222. The fourth-order valence-electron chi connectivity index (χ4n) is 2.78. The smallest absolute Gasteiger partial charge is 0.245 e. The highest BCUT2D eigenvalue weighted by Gasteiger charge is 2.26. The van der Waals surface area contributed by atoms with Crippen molar-refractivity contribution in [1.82, 2.24) is 14.9 Å². The number of nitrogens with one attached hydrogen (secondary N) is 1. The summed E-state index contributed by atoms with van der Waals surface area (Å²) < 4.78 is 33.0. The molecule has 1 unspecified atom stereocenters. The summed E-state index contributed by atoms with van der Waals surface area (Å²) in [5.41, 5.74) is 2.14. The Morgan fingerprint density at radius 2 is 1.80 bits per heavy atom. The van der Waals surface area contributed by atoms with E-state index in [9.17, 15) is 8.42 Å². The molecule has 0 bridgehead atoms. The molecular weight excluding hydrogens is 338 g/mol. The molecule has 0 fully saturated rings. The predicted molar refractivity (Wildman–Crippen MR) is 93.7 cm³/mol. The van der Waals surface area contributed by atoms with Gasteiger partial charge in [0.05, 0.1) is 0 Å². The molecule has 0 spiro atoms. The van der Waals surface area contributed by atoms with E-state index in [4.69, 9.17) is 4.52 Å². The number of nitrogens with zero attached hydrogens (tertiary/aromatic N) is 2. The fourth-order valence-corrected chi connectivity index (χ4v) is 4.16. The molecular formula is C18H19N3O3S. The third-order valence-corrected chi connectivity index (χ3v) is 5.63. The molecule has 1 aromatic carbocycles. The molecule has 7 heteroatoms. The summed E-state index contributed by atoms with van der Waals surface area (Å²) in [5.74, 6) is 0.0803. The van der Waals surface area contributed by atoms with E-state index in [1.54, 1.807) is 20.0 Å². The van der Waals surface area contributed by atoms with Crippen LogP contribution in [-0.4, -0.2) is 25.1 Å². The lowest BCUT2D eigenvalue weighted by Crippen LogP contribution is -2.30. The first-order valence-electron chi connectivity index (χ1n) is 7.87. The van der Waals surface area contributed by atoms with Crippen LogP contribution in [0.25, 0.3) is 0 Å². The highest BCUT2D eigenvalue weighted by molar-refractivity contribution is 7.89. The quantitative estimate of drug-likeness (QED) is 0.733. The predicted octanol–water partition coefficient (Wildman–Crippen LogP) is 2.80. The molecule has 6 nitrogen and oxygen atoms in total. The van der Waals surface area contributed by atoms with Gasteiger partial charge in [-0.3, -0.25) is 4.98 Å². The molecule has 2 aromatic heterocycles. The Balaban J connectivity index is 1.89. The summed E-state index contributed by atoms with van der Waals surface area (Å²) in [6.07, 6.45) is 1.70. The summed E-state index contributed by atoms with van der Waals surface area (Å²) in [6.45, 7) is 3.38. The first kappa shape index (κ1) is 17.3. The van der Waals surface area contributed by atoms with E-state index in [0.717, 1.165) is 11.3 Å². The van der Waals surface area contributed by atoms with Crippen molar-refractivity contribution in [3.8, 4) is 0 Å². The largest absolute Gasteiger partial charge is 0.360 e. The van der Waals surface area contributed by atoms with E-state index in [0.29, 0.717) is 5.69 Å². The Labute approximate surface area is 147 Å². The molecule has 3 rings (SSSR count). The Bertz CT molecular complexity index is 879. The second kappa shape index (κ2) is 7.16. The zero-order valence-electron chi connectivity index (χ0n) is 14.0. The summed E-state index contributed by atoms with van der Waals surface area (Å²) >= 11 is 0. The molecule has 0 saturated heterocycles. The summed E-state index contributed by atoms with van der Waals surface area (Å²) in [7, 11) is -3.72. The Morgan fingerprint density at radius 1 is 1.08 bits per heavy atom. The minimum atomic E-state index is -3.72. The minimum absolute atomic E-state index is 0.0975.